The molecule has 0 fully saturated rings. The highest BCUT2D eigenvalue weighted by atomic mass is 14.7. The Morgan fingerprint density at radius 3 is 1.71 bits per heavy atom. The molecule has 2 nitrogen and oxygen atoms in total. The molecule has 0 saturated carbocycles. The maximum Gasteiger partial charge on any atom is 0.0476 e. The minimum Gasteiger partial charge on any atom is -0.321 e. The molecule has 0 amide bonds. The van der Waals surface area contributed by atoms with Crippen molar-refractivity contribution in [2.24, 2.45) is 5.73 Å². The smallest absolute Gasteiger partial charge is 0.0476 e. The van der Waals surface area contributed by atoms with Crippen LogP contribution >= 0.6 is 0 Å². The molecule has 3 N–H and O–H groups in total. The Bertz CT molecular complexity index is 78.6. The van der Waals surface area contributed by atoms with E-state index in [1.54, 1.807) is 6.92 Å². The minimum absolute atomic E-state index is 0.417. The molecule has 0 aromatic rings. The first-order valence-electron chi connectivity index (χ1n) is 2.29. The van der Waals surface area contributed by atoms with Gasteiger partial charge in [-0.05, 0) is 20.8 Å². The van der Waals surface area contributed by atoms with Gasteiger partial charge in [-0.15, -0.1) is 0 Å². The van der Waals surface area contributed by atoms with Gasteiger partial charge in [0.1, 0.15) is 0 Å². The normalized spacial score (nSPS) is 11.4. The number of nitrogens with two attached hydrogens (primary N) is 1. The van der Waals surface area contributed by atoms with E-state index in [1.807, 2.05) is 13.8 Å². The molecular weight excluding hydrogens is 88.1 g/mol. The second-order valence-electron chi connectivity index (χ2n) is 2.35. The van der Waals surface area contributed by atoms with E-state index < -0.39 is 5.54 Å². The Morgan fingerprint density at radius 1 is 1.57 bits per heavy atom. The van der Waals surface area contributed by atoms with Gasteiger partial charge in [0.2, 0.25) is 0 Å². The van der Waals surface area contributed by atoms with Crippen LogP contribution in [-0.4, -0.2) is 11.3 Å². The second-order valence-corrected chi connectivity index (χ2v) is 2.35. The second kappa shape index (κ2) is 1.62. The van der Waals surface area contributed by atoms with Crippen LogP contribution in [0.3, 0.4) is 0 Å². The van der Waals surface area contributed by atoms with Gasteiger partial charge in [0, 0.05) is 11.3 Å². The molecule has 0 saturated heterocycles. The third-order valence-corrected chi connectivity index (χ3v) is 0.967. The monoisotopic (exact) mass is 100 g/mol. The fourth-order valence-electron chi connectivity index (χ4n) is 0. The van der Waals surface area contributed by atoms with E-state index in [9.17, 15) is 0 Å². The average Bonchev–Trinajstić information content (AvgIpc) is 1.31. The summed E-state index contributed by atoms with van der Waals surface area (Å²) in [5.74, 6) is 0. The lowest BCUT2D eigenvalue weighted by Gasteiger charge is -2.15. The minimum atomic E-state index is -0.417. The van der Waals surface area contributed by atoms with E-state index in [0.717, 1.165) is 0 Å². The summed E-state index contributed by atoms with van der Waals surface area (Å²) in [6.07, 6.45) is 0. The summed E-state index contributed by atoms with van der Waals surface area (Å²) in [7, 11) is 0. The largest absolute Gasteiger partial charge is 0.321 e. The van der Waals surface area contributed by atoms with Crippen molar-refractivity contribution in [1.82, 2.24) is 0 Å². The van der Waals surface area contributed by atoms with E-state index in [1.165, 1.54) is 0 Å². The fraction of sp³-hybridized carbons (Fsp3) is 0.800. The summed E-state index contributed by atoms with van der Waals surface area (Å²) in [6, 6.07) is 0. The van der Waals surface area contributed by atoms with Crippen LogP contribution in [-0.2, 0) is 0 Å². The quantitative estimate of drug-likeness (QED) is 0.470. The summed E-state index contributed by atoms with van der Waals surface area (Å²) >= 11 is 0. The van der Waals surface area contributed by atoms with E-state index in [2.05, 4.69) is 0 Å². The van der Waals surface area contributed by atoms with E-state index in [-0.39, 0.29) is 0 Å². The molecule has 0 aliphatic rings. The summed E-state index contributed by atoms with van der Waals surface area (Å²) in [5, 5.41) is 7.02. The first-order valence-corrected chi connectivity index (χ1v) is 2.29. The predicted molar refractivity (Wildman–Crippen MR) is 31.7 cm³/mol. The Kier molecular flexibility index (Phi) is 1.53. The van der Waals surface area contributed by atoms with Crippen LogP contribution in [0.2, 0.25) is 0 Å². The third-order valence-electron chi connectivity index (χ3n) is 0.967. The van der Waals surface area contributed by atoms with Gasteiger partial charge in [0.25, 0.3) is 0 Å². The van der Waals surface area contributed by atoms with Gasteiger partial charge >= 0.3 is 0 Å². The molecule has 7 heavy (non-hydrogen) atoms. The maximum atomic E-state index is 7.02. The zero-order valence-corrected chi connectivity index (χ0v) is 5.08. The van der Waals surface area contributed by atoms with Crippen molar-refractivity contribution < 1.29 is 0 Å². The van der Waals surface area contributed by atoms with Gasteiger partial charge in [-0.3, -0.25) is 0 Å². The first kappa shape index (κ1) is 6.63. The molecular formula is C5H12N2. The molecule has 0 unspecified atom stereocenters. The molecule has 0 aliphatic carbocycles. The molecule has 0 heterocycles. The average molecular weight is 100 g/mol. The van der Waals surface area contributed by atoms with Gasteiger partial charge in [-0.1, -0.05) is 0 Å². The van der Waals surface area contributed by atoms with E-state index >= 15 is 0 Å². The Balaban J connectivity index is 3.79. The third kappa shape index (κ3) is 2.34. The van der Waals surface area contributed by atoms with Gasteiger partial charge in [-0.2, -0.15) is 0 Å². The van der Waals surface area contributed by atoms with Crippen LogP contribution in [0, 0.1) is 5.41 Å². The van der Waals surface area contributed by atoms with Gasteiger partial charge in [0.15, 0.2) is 0 Å². The molecule has 0 aromatic carbocycles. The topological polar surface area (TPSA) is 49.9 Å². The van der Waals surface area contributed by atoms with Crippen molar-refractivity contribution in [3.8, 4) is 0 Å². The predicted octanol–water partition coefficient (Wildman–Crippen LogP) is 0.763. The molecule has 0 spiro atoms. The lowest BCUT2D eigenvalue weighted by molar-refractivity contribution is 0.690. The maximum absolute atomic E-state index is 7.02. The highest BCUT2D eigenvalue weighted by molar-refractivity contribution is 5.87. The Morgan fingerprint density at radius 2 is 1.71 bits per heavy atom. The van der Waals surface area contributed by atoms with Crippen LogP contribution in [0.4, 0.5) is 0 Å². The summed E-state index contributed by atoms with van der Waals surface area (Å²) in [5.41, 5.74) is 5.56. The SMILES string of the molecule is CC(=N)C(C)(C)N. The lowest BCUT2D eigenvalue weighted by atomic mass is 10.0. The van der Waals surface area contributed by atoms with Crippen molar-refractivity contribution in [1.29, 1.82) is 5.41 Å². The lowest BCUT2D eigenvalue weighted by Crippen LogP contribution is -2.39. The van der Waals surface area contributed by atoms with Crippen LogP contribution in [0.1, 0.15) is 20.8 Å². The highest BCUT2D eigenvalue weighted by Crippen LogP contribution is 1.95. The molecule has 0 aromatic heterocycles. The number of hydrogen-bond acceptors (Lipinski definition) is 2. The van der Waals surface area contributed by atoms with E-state index in [4.69, 9.17) is 11.1 Å². The molecule has 2 heteroatoms. The molecule has 0 bridgehead atoms. The van der Waals surface area contributed by atoms with Gasteiger partial charge in [-0.25, -0.2) is 0 Å². The molecule has 42 valence electrons. The fourth-order valence-corrected chi connectivity index (χ4v) is 0. The van der Waals surface area contributed by atoms with Crippen molar-refractivity contribution in [3.05, 3.63) is 0 Å². The van der Waals surface area contributed by atoms with Crippen LogP contribution in [0.5, 0.6) is 0 Å². The summed E-state index contributed by atoms with van der Waals surface area (Å²) < 4.78 is 0. The zero-order chi connectivity index (χ0) is 6.08. The highest BCUT2D eigenvalue weighted by Gasteiger charge is 2.11. The molecule has 0 atom stereocenters. The molecule has 0 radical (unpaired) electrons. The standard InChI is InChI=1S/C5H12N2/c1-4(6)5(2,3)7/h6H,7H2,1-3H3. The van der Waals surface area contributed by atoms with Crippen LogP contribution in [0.25, 0.3) is 0 Å². The summed E-state index contributed by atoms with van der Waals surface area (Å²) in [4.78, 5) is 0. The van der Waals surface area contributed by atoms with Crippen molar-refractivity contribution in [2.45, 2.75) is 26.3 Å². The number of hydrogen-bond donors (Lipinski definition) is 2. The molecule has 0 aliphatic heterocycles. The van der Waals surface area contributed by atoms with Gasteiger partial charge in [0.05, 0.1) is 0 Å². The zero-order valence-electron chi connectivity index (χ0n) is 5.08. The van der Waals surface area contributed by atoms with Crippen LogP contribution in [0.15, 0.2) is 0 Å². The van der Waals surface area contributed by atoms with Crippen molar-refractivity contribution in [2.75, 3.05) is 0 Å². The first-order chi connectivity index (χ1) is 2.94. The van der Waals surface area contributed by atoms with Gasteiger partial charge < -0.3 is 11.1 Å². The van der Waals surface area contributed by atoms with Crippen LogP contribution < -0.4 is 5.73 Å². The van der Waals surface area contributed by atoms with Crippen molar-refractivity contribution >= 4 is 5.71 Å². The van der Waals surface area contributed by atoms with Crippen molar-refractivity contribution in [3.63, 3.8) is 0 Å². The summed E-state index contributed by atoms with van der Waals surface area (Å²) in [6.45, 7) is 5.34. The molecule has 0 rings (SSSR count). The van der Waals surface area contributed by atoms with E-state index in [0.29, 0.717) is 5.71 Å². The Labute approximate surface area is 44.2 Å². The number of rotatable bonds is 1. The Hall–Kier alpha value is -0.370. The number of nitrogens with one attached hydrogen (secondary N) is 1.